The van der Waals surface area contributed by atoms with Gasteiger partial charge in [-0.15, -0.1) is 0 Å². The van der Waals surface area contributed by atoms with E-state index in [1.165, 1.54) is 0 Å². The van der Waals surface area contributed by atoms with Crippen LogP contribution in [0.1, 0.15) is 0 Å². The first-order chi connectivity index (χ1) is 18.8. The van der Waals surface area contributed by atoms with Crippen LogP contribution in [0.25, 0.3) is 0 Å². The fraction of sp³-hybridized carbons (Fsp3) is 1.00. The Balaban J connectivity index is 6.22. The van der Waals surface area contributed by atoms with Gasteiger partial charge in [-0.05, 0) is 0 Å². The van der Waals surface area contributed by atoms with E-state index in [0.29, 0.717) is 0 Å². The maximum atomic E-state index is 14.1. The first kappa shape index (κ1) is 40.9. The molecular formula is C15F30. The van der Waals surface area contributed by atoms with Gasteiger partial charge in [-0.2, -0.15) is 132 Å². The molecule has 30 heteroatoms. The van der Waals surface area contributed by atoms with Gasteiger partial charge in [0.25, 0.3) is 0 Å². The van der Waals surface area contributed by atoms with Crippen LogP contribution in [-0.2, 0) is 0 Å². The molecular weight excluding hydrogens is 750 g/mol. The van der Waals surface area contributed by atoms with Gasteiger partial charge in [0, 0.05) is 0 Å². The molecule has 270 valence electrons. The third-order valence-corrected chi connectivity index (χ3v) is 7.06. The van der Waals surface area contributed by atoms with Gasteiger partial charge < -0.3 is 0 Å². The predicted octanol–water partition coefficient (Wildman–Crippen LogP) is 10.6. The maximum absolute atomic E-state index is 14.1. The third-order valence-electron chi connectivity index (χ3n) is 7.06. The molecule has 45 heavy (non-hydrogen) atoms. The van der Waals surface area contributed by atoms with Crippen molar-refractivity contribution in [2.24, 2.45) is 27.1 Å². The molecule has 0 saturated heterocycles. The second-order valence-corrected chi connectivity index (χ2v) is 8.73. The molecule has 0 unspecified atom stereocenters. The van der Waals surface area contributed by atoms with Gasteiger partial charge in [0.1, 0.15) is 0 Å². The molecule has 0 nitrogen and oxygen atoms in total. The zero-order chi connectivity index (χ0) is 37.5. The molecule has 1 saturated carbocycles. The molecule has 0 aromatic carbocycles. The van der Waals surface area contributed by atoms with E-state index in [4.69, 9.17) is 0 Å². The van der Waals surface area contributed by atoms with Gasteiger partial charge in [0.2, 0.25) is 27.1 Å². The Kier molecular flexibility index (Phi) is 8.25. The Labute approximate surface area is 222 Å². The Morgan fingerprint density at radius 3 is 0.200 bits per heavy atom. The molecule has 1 rings (SSSR count). The molecule has 1 aliphatic rings. The summed E-state index contributed by atoms with van der Waals surface area (Å²) >= 11 is 0. The molecule has 0 N–H and O–H groups in total. The van der Waals surface area contributed by atoms with Crippen LogP contribution in [0.5, 0.6) is 0 Å². The highest BCUT2D eigenvalue weighted by molar-refractivity contribution is 5.45. The molecule has 1 aliphatic carbocycles. The third kappa shape index (κ3) is 3.78. The van der Waals surface area contributed by atoms with Crippen molar-refractivity contribution in [3.05, 3.63) is 0 Å². The van der Waals surface area contributed by atoms with Crippen molar-refractivity contribution < 1.29 is 132 Å². The summed E-state index contributed by atoms with van der Waals surface area (Å²) in [4.78, 5) is 0. The Bertz CT molecular complexity index is 806. The standard InChI is InChI=1S/C15F30/c16-6(17,18)1(7(19,20)21)2(8(22,23)24,9(25,26)27)4(12(34,35)36,13(37,38)39)5(14(40,41)42,15(43,44)45)3(1,10(28,29)30)11(31,32)33. The first-order valence-electron chi connectivity index (χ1n) is 9.42. The second kappa shape index (κ2) is 9.07. The lowest BCUT2D eigenvalue weighted by Crippen LogP contribution is -2.81. The van der Waals surface area contributed by atoms with Crippen LogP contribution in [0, 0.1) is 27.1 Å². The fourth-order valence-corrected chi connectivity index (χ4v) is 6.46. The van der Waals surface area contributed by atoms with E-state index in [1.807, 2.05) is 0 Å². The number of hydrogen-bond acceptors (Lipinski definition) is 0. The summed E-state index contributed by atoms with van der Waals surface area (Å²) in [5, 5.41) is 0. The molecule has 0 aromatic heterocycles. The van der Waals surface area contributed by atoms with E-state index in [-0.39, 0.29) is 0 Å². The minimum Gasteiger partial charge on any atom is -0.170 e. The molecule has 0 spiro atoms. The smallest absolute Gasteiger partial charge is 0.170 e. The first-order valence-corrected chi connectivity index (χ1v) is 9.42. The van der Waals surface area contributed by atoms with Crippen LogP contribution >= 0.6 is 0 Å². The van der Waals surface area contributed by atoms with Gasteiger partial charge in [-0.25, -0.2) is 0 Å². The van der Waals surface area contributed by atoms with Crippen molar-refractivity contribution in [3.8, 4) is 0 Å². The summed E-state index contributed by atoms with van der Waals surface area (Å²) in [6, 6.07) is 0. The van der Waals surface area contributed by atoms with Gasteiger partial charge in [0.05, 0.1) is 0 Å². The summed E-state index contributed by atoms with van der Waals surface area (Å²) in [6.45, 7) is 0. The molecule has 0 heterocycles. The maximum Gasteiger partial charge on any atom is 0.405 e. The van der Waals surface area contributed by atoms with Gasteiger partial charge in [0.15, 0.2) is 0 Å². The van der Waals surface area contributed by atoms with Gasteiger partial charge >= 0.3 is 61.8 Å². The zero-order valence-electron chi connectivity index (χ0n) is 18.8. The summed E-state index contributed by atoms with van der Waals surface area (Å²) in [7, 11) is 0. The fourth-order valence-electron chi connectivity index (χ4n) is 6.46. The van der Waals surface area contributed by atoms with E-state index in [9.17, 15) is 132 Å². The van der Waals surface area contributed by atoms with Crippen LogP contribution in [0.4, 0.5) is 132 Å². The second-order valence-electron chi connectivity index (χ2n) is 8.73. The topological polar surface area (TPSA) is 0 Å². The van der Waals surface area contributed by atoms with E-state index in [0.717, 1.165) is 0 Å². The molecule has 0 bridgehead atoms. The molecule has 1 fully saturated rings. The number of alkyl halides is 30. The Hall–Kier alpha value is -2.10. The normalized spacial score (nSPS) is 23.3. The Morgan fingerprint density at radius 1 is 0.133 bits per heavy atom. The van der Waals surface area contributed by atoms with Crippen LogP contribution < -0.4 is 0 Å². The monoisotopic (exact) mass is 750 g/mol. The van der Waals surface area contributed by atoms with Crippen molar-refractivity contribution in [1.29, 1.82) is 0 Å². The van der Waals surface area contributed by atoms with E-state index < -0.39 is 88.8 Å². The van der Waals surface area contributed by atoms with E-state index >= 15 is 0 Å². The minimum absolute atomic E-state index is 10.6. The van der Waals surface area contributed by atoms with Crippen molar-refractivity contribution >= 4 is 0 Å². The van der Waals surface area contributed by atoms with Crippen molar-refractivity contribution in [2.75, 3.05) is 0 Å². The zero-order valence-corrected chi connectivity index (χ0v) is 18.8. The average molecular weight is 750 g/mol. The Morgan fingerprint density at radius 2 is 0.178 bits per heavy atom. The van der Waals surface area contributed by atoms with Crippen LogP contribution in [-0.4, -0.2) is 61.8 Å². The van der Waals surface area contributed by atoms with Gasteiger partial charge in [-0.1, -0.05) is 0 Å². The van der Waals surface area contributed by atoms with Crippen molar-refractivity contribution in [1.82, 2.24) is 0 Å². The van der Waals surface area contributed by atoms with Gasteiger partial charge in [-0.3, -0.25) is 0 Å². The molecule has 0 aliphatic heterocycles. The van der Waals surface area contributed by atoms with Crippen LogP contribution in [0.2, 0.25) is 0 Å². The summed E-state index contributed by atoms with van der Waals surface area (Å²) in [5.41, 5.74) is -57.8. The lowest BCUT2D eigenvalue weighted by atomic mass is 9.49. The largest absolute Gasteiger partial charge is 0.405 e. The quantitative estimate of drug-likeness (QED) is 0.216. The molecule has 0 atom stereocenters. The number of halogens is 30. The SMILES string of the molecule is FC(F)(F)C1(C(F)(F)F)C(C(F)(F)F)(C(F)(F)F)C(C(F)(F)F)(C(F)(F)F)C(C(F)(F)F)(C(F)(F)F)C1(C(F)(F)F)C(F)(F)F. The van der Waals surface area contributed by atoms with E-state index in [1.54, 1.807) is 0 Å². The highest BCUT2D eigenvalue weighted by atomic mass is 19.5. The lowest BCUT2D eigenvalue weighted by Gasteiger charge is -2.57. The summed E-state index contributed by atoms with van der Waals surface area (Å²) in [6.07, 6.45) is -106. The summed E-state index contributed by atoms with van der Waals surface area (Å²) in [5.74, 6) is 0. The summed E-state index contributed by atoms with van der Waals surface area (Å²) < 4.78 is 422. The highest BCUT2D eigenvalue weighted by Gasteiger charge is 3.26. The average Bonchev–Trinajstić information content (AvgIpc) is 2.87. The van der Waals surface area contributed by atoms with Crippen LogP contribution in [0.3, 0.4) is 0 Å². The number of hydrogen-bond donors (Lipinski definition) is 0. The molecule has 0 aromatic rings. The van der Waals surface area contributed by atoms with E-state index in [2.05, 4.69) is 0 Å². The predicted molar refractivity (Wildman–Crippen MR) is 72.7 cm³/mol. The molecule has 0 radical (unpaired) electrons. The van der Waals surface area contributed by atoms with Crippen LogP contribution in [0.15, 0.2) is 0 Å². The highest BCUT2D eigenvalue weighted by Crippen LogP contribution is 3.01. The minimum atomic E-state index is -11.6. The molecule has 0 amide bonds. The number of rotatable bonds is 0. The lowest BCUT2D eigenvalue weighted by molar-refractivity contribution is -0.546. The van der Waals surface area contributed by atoms with Crippen molar-refractivity contribution in [2.45, 2.75) is 61.8 Å². The van der Waals surface area contributed by atoms with Crippen molar-refractivity contribution in [3.63, 3.8) is 0 Å².